The van der Waals surface area contributed by atoms with Gasteiger partial charge >= 0.3 is 0 Å². The summed E-state index contributed by atoms with van der Waals surface area (Å²) >= 11 is 0. The molecule has 1 N–H and O–H groups in total. The SMILES string of the molecule is COC(C)(c1ccccc1)C(C)c1cc2c3c(c1O)OC1C(=O)CC[C@H]4[C@@H](C2)N(CC2CCC2)CC[C@]314. The third-order valence-corrected chi connectivity index (χ3v) is 11.1. The molecule has 37 heavy (non-hydrogen) atoms. The van der Waals surface area contributed by atoms with Crippen molar-refractivity contribution in [3.63, 3.8) is 0 Å². The van der Waals surface area contributed by atoms with Crippen molar-refractivity contribution >= 4 is 5.78 Å². The van der Waals surface area contributed by atoms with Crippen LogP contribution in [-0.4, -0.2) is 48.1 Å². The van der Waals surface area contributed by atoms with Gasteiger partial charge in [0.15, 0.2) is 23.4 Å². The number of benzene rings is 2. The lowest BCUT2D eigenvalue weighted by Crippen LogP contribution is -2.66. The van der Waals surface area contributed by atoms with Gasteiger partial charge in [-0.25, -0.2) is 0 Å². The van der Waals surface area contributed by atoms with Crippen LogP contribution in [0.1, 0.15) is 80.5 Å². The Labute approximate surface area is 220 Å². The van der Waals surface area contributed by atoms with Crippen LogP contribution in [0.15, 0.2) is 36.4 Å². The van der Waals surface area contributed by atoms with Crippen LogP contribution in [0.2, 0.25) is 0 Å². The molecule has 5 aliphatic rings. The van der Waals surface area contributed by atoms with Gasteiger partial charge in [0.1, 0.15) is 0 Å². The van der Waals surface area contributed by atoms with Crippen LogP contribution >= 0.6 is 0 Å². The summed E-state index contributed by atoms with van der Waals surface area (Å²) in [6.07, 6.45) is 7.09. The number of rotatable bonds is 6. The fourth-order valence-corrected chi connectivity index (χ4v) is 8.68. The maximum atomic E-state index is 13.3. The second kappa shape index (κ2) is 8.31. The van der Waals surface area contributed by atoms with Crippen molar-refractivity contribution in [2.45, 2.75) is 87.9 Å². The van der Waals surface area contributed by atoms with E-state index in [-0.39, 0.29) is 22.9 Å². The minimum absolute atomic E-state index is 0.121. The lowest BCUT2D eigenvalue weighted by atomic mass is 9.51. The zero-order valence-corrected chi connectivity index (χ0v) is 22.3. The molecule has 3 fully saturated rings. The lowest BCUT2D eigenvalue weighted by molar-refractivity contribution is -0.139. The molecule has 2 heterocycles. The van der Waals surface area contributed by atoms with Crippen molar-refractivity contribution in [3.8, 4) is 11.5 Å². The molecule has 0 amide bonds. The molecule has 2 aromatic carbocycles. The van der Waals surface area contributed by atoms with E-state index < -0.39 is 11.7 Å². The summed E-state index contributed by atoms with van der Waals surface area (Å²) in [5.41, 5.74) is 3.46. The first-order valence-corrected chi connectivity index (χ1v) is 14.3. The topological polar surface area (TPSA) is 59.0 Å². The molecule has 0 aromatic heterocycles. The van der Waals surface area contributed by atoms with Gasteiger partial charge in [0, 0.05) is 48.6 Å². The lowest BCUT2D eigenvalue weighted by Gasteiger charge is -2.58. The summed E-state index contributed by atoms with van der Waals surface area (Å²) in [5.74, 6) is 2.14. The second-order valence-corrected chi connectivity index (χ2v) is 12.5. The van der Waals surface area contributed by atoms with Gasteiger partial charge in [-0.2, -0.15) is 0 Å². The van der Waals surface area contributed by atoms with Gasteiger partial charge in [-0.3, -0.25) is 9.69 Å². The summed E-state index contributed by atoms with van der Waals surface area (Å²) in [7, 11) is 1.74. The fraction of sp³-hybridized carbons (Fsp3) is 0.594. The highest BCUT2D eigenvalue weighted by Crippen LogP contribution is 2.64. The van der Waals surface area contributed by atoms with E-state index in [4.69, 9.17) is 9.47 Å². The number of ether oxygens (including phenoxy) is 2. The Morgan fingerprint density at radius 2 is 2.03 bits per heavy atom. The van der Waals surface area contributed by atoms with Gasteiger partial charge in [0.25, 0.3) is 0 Å². The van der Waals surface area contributed by atoms with Crippen LogP contribution in [0.3, 0.4) is 0 Å². The molecule has 2 aliphatic heterocycles. The Balaban J connectivity index is 1.35. The average molecular weight is 502 g/mol. The highest BCUT2D eigenvalue weighted by Gasteiger charge is 2.66. The molecule has 2 aromatic rings. The van der Waals surface area contributed by atoms with E-state index in [1.807, 2.05) is 18.2 Å². The number of aromatic hydroxyl groups is 1. The zero-order valence-electron chi connectivity index (χ0n) is 22.3. The van der Waals surface area contributed by atoms with Gasteiger partial charge in [-0.1, -0.05) is 49.7 Å². The van der Waals surface area contributed by atoms with Crippen LogP contribution in [0.25, 0.3) is 0 Å². The zero-order chi connectivity index (χ0) is 25.5. The minimum atomic E-state index is -0.623. The van der Waals surface area contributed by atoms with Crippen molar-refractivity contribution in [2.75, 3.05) is 20.2 Å². The molecule has 7 rings (SSSR count). The van der Waals surface area contributed by atoms with Crippen molar-refractivity contribution in [1.82, 2.24) is 4.90 Å². The smallest absolute Gasteiger partial charge is 0.174 e. The molecule has 3 unspecified atom stereocenters. The predicted octanol–water partition coefficient (Wildman–Crippen LogP) is 5.47. The Morgan fingerprint density at radius 3 is 2.73 bits per heavy atom. The molecule has 1 spiro atoms. The van der Waals surface area contributed by atoms with Gasteiger partial charge in [-0.15, -0.1) is 0 Å². The number of phenolic OH excluding ortho intramolecular Hbond substituents is 1. The predicted molar refractivity (Wildman–Crippen MR) is 142 cm³/mol. The quantitative estimate of drug-likeness (QED) is 0.569. The van der Waals surface area contributed by atoms with Crippen LogP contribution in [0, 0.1) is 11.8 Å². The van der Waals surface area contributed by atoms with E-state index >= 15 is 0 Å². The molecule has 0 radical (unpaired) electrons. The molecule has 1 saturated heterocycles. The average Bonchev–Trinajstić information content (AvgIpc) is 3.25. The largest absolute Gasteiger partial charge is 0.504 e. The number of piperidine rings is 1. The van der Waals surface area contributed by atoms with Crippen molar-refractivity contribution < 1.29 is 19.4 Å². The van der Waals surface area contributed by atoms with Crippen LogP contribution in [-0.2, 0) is 27.0 Å². The number of likely N-dealkylation sites (tertiary alicyclic amines) is 1. The number of hydrogen-bond acceptors (Lipinski definition) is 5. The van der Waals surface area contributed by atoms with Crippen LogP contribution < -0.4 is 4.74 Å². The summed E-state index contributed by atoms with van der Waals surface area (Å²) in [6, 6.07) is 12.9. The normalized spacial score (nSPS) is 32.7. The molecular formula is C32H39NO4. The third kappa shape index (κ3) is 3.13. The highest BCUT2D eigenvalue weighted by molar-refractivity contribution is 5.89. The first-order valence-electron chi connectivity index (χ1n) is 14.3. The van der Waals surface area contributed by atoms with Gasteiger partial charge in [-0.05, 0) is 68.5 Å². The van der Waals surface area contributed by atoms with Gasteiger partial charge < -0.3 is 14.6 Å². The number of carbonyl (C=O) groups excluding carboxylic acids is 1. The van der Waals surface area contributed by atoms with E-state index in [2.05, 4.69) is 36.9 Å². The number of carbonyl (C=O) groups is 1. The van der Waals surface area contributed by atoms with Gasteiger partial charge in [0.05, 0.1) is 5.60 Å². The molecular weight excluding hydrogens is 462 g/mol. The van der Waals surface area contributed by atoms with E-state index in [0.29, 0.717) is 24.1 Å². The Hall–Kier alpha value is -2.37. The summed E-state index contributed by atoms with van der Waals surface area (Å²) in [5, 5.41) is 11.8. The molecule has 2 bridgehead atoms. The second-order valence-electron chi connectivity index (χ2n) is 12.5. The van der Waals surface area contributed by atoms with E-state index in [1.54, 1.807) is 7.11 Å². The molecule has 196 valence electrons. The van der Waals surface area contributed by atoms with E-state index in [1.165, 1.54) is 31.4 Å². The maximum Gasteiger partial charge on any atom is 0.174 e. The third-order valence-electron chi connectivity index (χ3n) is 11.1. The monoisotopic (exact) mass is 501 g/mol. The van der Waals surface area contributed by atoms with Crippen molar-refractivity contribution in [3.05, 3.63) is 58.7 Å². The molecule has 3 aliphatic carbocycles. The molecule has 6 atom stereocenters. The molecule has 5 nitrogen and oxygen atoms in total. The Bertz CT molecular complexity index is 1240. The van der Waals surface area contributed by atoms with E-state index in [9.17, 15) is 9.90 Å². The van der Waals surface area contributed by atoms with Gasteiger partial charge in [0.2, 0.25) is 0 Å². The molecule has 2 saturated carbocycles. The number of hydrogen-bond donors (Lipinski definition) is 1. The number of ketones is 1. The highest BCUT2D eigenvalue weighted by atomic mass is 16.5. The summed E-state index contributed by atoms with van der Waals surface area (Å²) in [4.78, 5) is 16.1. The van der Waals surface area contributed by atoms with Crippen LogP contribution in [0.4, 0.5) is 0 Å². The number of nitrogens with zero attached hydrogens (tertiary/aromatic N) is 1. The minimum Gasteiger partial charge on any atom is -0.504 e. The first kappa shape index (κ1) is 23.7. The number of Topliss-reactive ketones (excluding diaryl/α,β-unsaturated/α-hetero) is 1. The van der Waals surface area contributed by atoms with Crippen molar-refractivity contribution in [2.24, 2.45) is 11.8 Å². The standard InChI is InChI=1S/C32H39NO4/c1-19(31(2,36-3)22-10-5-4-6-11-22)23-16-21-17-25-24-12-13-26(34)30-32(24,27(21)29(37-30)28(23)35)14-15-33(25)18-20-8-7-9-20/h4-6,10-11,16,19-20,24-25,30,35H,7-9,12-15,17-18H2,1-3H3/t19?,24-,25+,30?,31?,32-/m0/s1. The Kier molecular flexibility index (Phi) is 5.33. The molecule has 5 heteroatoms. The Morgan fingerprint density at radius 1 is 1.24 bits per heavy atom. The number of phenols is 1. The maximum absolute atomic E-state index is 13.3. The fourth-order valence-electron chi connectivity index (χ4n) is 8.68. The summed E-state index contributed by atoms with van der Waals surface area (Å²) in [6.45, 7) is 6.44. The first-order chi connectivity index (χ1) is 17.9. The van der Waals surface area contributed by atoms with E-state index in [0.717, 1.165) is 48.4 Å². The number of methoxy groups -OCH3 is 1. The summed E-state index contributed by atoms with van der Waals surface area (Å²) < 4.78 is 12.7. The van der Waals surface area contributed by atoms with Crippen LogP contribution in [0.5, 0.6) is 11.5 Å². The van der Waals surface area contributed by atoms with Crippen molar-refractivity contribution in [1.29, 1.82) is 0 Å².